The Morgan fingerprint density at radius 1 is 1.19 bits per heavy atom. The molecule has 1 N–H and O–H groups in total. The quantitative estimate of drug-likeness (QED) is 0.887. The van der Waals surface area contributed by atoms with Crippen molar-refractivity contribution in [2.24, 2.45) is 0 Å². The van der Waals surface area contributed by atoms with Crippen molar-refractivity contribution in [3.05, 3.63) is 11.5 Å². The zero-order valence-corrected chi connectivity index (χ0v) is 14.2. The van der Waals surface area contributed by atoms with E-state index in [1.165, 1.54) is 25.7 Å². The number of nitrogens with one attached hydrogen (secondary N) is 1. The smallest absolute Gasteiger partial charge is 0.246 e. The van der Waals surface area contributed by atoms with Gasteiger partial charge in [0.05, 0.1) is 0 Å². The van der Waals surface area contributed by atoms with Gasteiger partial charge in [-0.2, -0.15) is 0 Å². The van der Waals surface area contributed by atoms with E-state index in [1.54, 1.807) is 13.8 Å². The van der Waals surface area contributed by atoms with Gasteiger partial charge in [0, 0.05) is 13.1 Å². The molecule has 0 atom stereocenters. The fourth-order valence-corrected chi connectivity index (χ4v) is 3.97. The molecule has 0 amide bonds. The predicted molar refractivity (Wildman–Crippen MR) is 83.3 cm³/mol. The maximum absolute atomic E-state index is 12.2. The number of halogens is 1. The third kappa shape index (κ3) is 4.95. The molecule has 1 aliphatic heterocycles. The van der Waals surface area contributed by atoms with Gasteiger partial charge in [-0.05, 0) is 39.8 Å². The van der Waals surface area contributed by atoms with Crippen molar-refractivity contribution in [2.45, 2.75) is 44.4 Å². The van der Waals surface area contributed by atoms with Gasteiger partial charge in [-0.1, -0.05) is 18.0 Å². The van der Waals surface area contributed by atoms with E-state index in [-0.39, 0.29) is 17.3 Å². The number of nitrogens with zero attached hydrogens (tertiary/aromatic N) is 2. The van der Waals surface area contributed by atoms with Crippen LogP contribution in [0.15, 0.2) is 9.42 Å². The molecular weight excluding hydrogens is 314 g/mol. The highest BCUT2D eigenvalue weighted by Gasteiger charge is 2.23. The van der Waals surface area contributed by atoms with E-state index in [0.29, 0.717) is 18.0 Å². The average molecular weight is 338 g/mol. The Morgan fingerprint density at radius 3 is 2.33 bits per heavy atom. The van der Waals surface area contributed by atoms with Crippen LogP contribution in [0.5, 0.6) is 0 Å². The lowest BCUT2D eigenvalue weighted by molar-refractivity contribution is 0.290. The molecule has 0 aromatic carbocycles. The molecule has 6 nitrogen and oxygen atoms in total. The highest BCUT2D eigenvalue weighted by molar-refractivity contribution is 7.89. The van der Waals surface area contributed by atoms with Gasteiger partial charge >= 0.3 is 0 Å². The summed E-state index contributed by atoms with van der Waals surface area (Å²) in [6.07, 6.45) is 4.97. The zero-order chi connectivity index (χ0) is 14.6. The van der Waals surface area contributed by atoms with Crippen molar-refractivity contribution in [1.82, 2.24) is 14.8 Å². The van der Waals surface area contributed by atoms with Gasteiger partial charge in [0.15, 0.2) is 5.76 Å². The largest absolute Gasteiger partial charge is 0.360 e. The standard InChI is InChI=1S/C13H23N3O3S.ClH/c1-11-13(12(2)19-15-11)20(17,18)14-7-10-16-8-5-3-4-6-9-16;/h14H,3-10H2,1-2H3;1H. The van der Waals surface area contributed by atoms with Crippen molar-refractivity contribution in [3.63, 3.8) is 0 Å². The highest BCUT2D eigenvalue weighted by Crippen LogP contribution is 2.18. The molecular formula is C13H24ClN3O3S. The predicted octanol–water partition coefficient (Wildman–Crippen LogP) is 1.87. The zero-order valence-electron chi connectivity index (χ0n) is 12.6. The first-order valence-corrected chi connectivity index (χ1v) is 8.64. The molecule has 1 aliphatic rings. The fourth-order valence-electron chi connectivity index (χ4n) is 2.63. The molecule has 122 valence electrons. The van der Waals surface area contributed by atoms with E-state index >= 15 is 0 Å². The SMILES string of the molecule is Cc1noc(C)c1S(=O)(=O)NCCN1CCCCCC1.Cl. The van der Waals surface area contributed by atoms with Gasteiger partial charge in [0.2, 0.25) is 10.0 Å². The summed E-state index contributed by atoms with van der Waals surface area (Å²) in [4.78, 5) is 2.50. The molecule has 8 heteroatoms. The minimum atomic E-state index is -3.52. The van der Waals surface area contributed by atoms with E-state index in [2.05, 4.69) is 14.8 Å². The van der Waals surface area contributed by atoms with Crippen molar-refractivity contribution in [1.29, 1.82) is 0 Å². The van der Waals surface area contributed by atoms with Crippen molar-refractivity contribution in [2.75, 3.05) is 26.2 Å². The summed E-state index contributed by atoms with van der Waals surface area (Å²) in [5.41, 5.74) is 0.407. The van der Waals surface area contributed by atoms with Gasteiger partial charge < -0.3 is 9.42 Å². The third-order valence-electron chi connectivity index (χ3n) is 3.66. The topological polar surface area (TPSA) is 75.4 Å². The second kappa shape index (κ2) is 8.12. The van der Waals surface area contributed by atoms with Gasteiger partial charge in [-0.15, -0.1) is 12.4 Å². The monoisotopic (exact) mass is 337 g/mol. The minimum Gasteiger partial charge on any atom is -0.360 e. The summed E-state index contributed by atoms with van der Waals surface area (Å²) in [6, 6.07) is 0. The van der Waals surface area contributed by atoms with Crippen molar-refractivity contribution < 1.29 is 12.9 Å². The number of hydrogen-bond acceptors (Lipinski definition) is 5. The second-order valence-electron chi connectivity index (χ2n) is 5.31. The summed E-state index contributed by atoms with van der Waals surface area (Å²) in [6.45, 7) is 6.55. The molecule has 0 spiro atoms. The molecule has 2 rings (SSSR count). The van der Waals surface area contributed by atoms with Gasteiger partial charge in [-0.3, -0.25) is 0 Å². The summed E-state index contributed by atoms with van der Waals surface area (Å²) in [5, 5.41) is 3.69. The van der Waals surface area contributed by atoms with Gasteiger partial charge in [0.25, 0.3) is 0 Å². The van der Waals surface area contributed by atoms with E-state index in [9.17, 15) is 8.42 Å². The Hall–Kier alpha value is -0.630. The van der Waals surface area contributed by atoms with E-state index in [0.717, 1.165) is 19.6 Å². The van der Waals surface area contributed by atoms with Crippen LogP contribution in [0.3, 0.4) is 0 Å². The number of hydrogen-bond donors (Lipinski definition) is 1. The minimum absolute atomic E-state index is 0. The Kier molecular flexibility index (Phi) is 7.12. The normalized spacial score (nSPS) is 17.2. The van der Waals surface area contributed by atoms with Crippen LogP contribution in [0.1, 0.15) is 37.1 Å². The summed E-state index contributed by atoms with van der Waals surface area (Å²) < 4.78 is 32.0. The lowest BCUT2D eigenvalue weighted by Gasteiger charge is -2.19. The van der Waals surface area contributed by atoms with Crippen LogP contribution in [0.25, 0.3) is 0 Å². The number of aryl methyl sites for hydroxylation is 2. The van der Waals surface area contributed by atoms with Crippen LogP contribution >= 0.6 is 12.4 Å². The van der Waals surface area contributed by atoms with Crippen molar-refractivity contribution >= 4 is 22.4 Å². The van der Waals surface area contributed by atoms with E-state index in [4.69, 9.17) is 4.52 Å². The van der Waals surface area contributed by atoms with Crippen LogP contribution in [-0.2, 0) is 10.0 Å². The first kappa shape index (κ1) is 18.4. The Morgan fingerprint density at radius 2 is 1.81 bits per heavy atom. The first-order chi connectivity index (χ1) is 9.50. The average Bonchev–Trinajstić information content (AvgIpc) is 2.61. The number of rotatable bonds is 5. The maximum atomic E-state index is 12.2. The second-order valence-corrected chi connectivity index (χ2v) is 7.01. The van der Waals surface area contributed by atoms with Crippen LogP contribution in [0, 0.1) is 13.8 Å². The van der Waals surface area contributed by atoms with Gasteiger partial charge in [-0.25, -0.2) is 13.1 Å². The molecule has 0 saturated carbocycles. The molecule has 1 saturated heterocycles. The van der Waals surface area contributed by atoms with Crippen LogP contribution in [-0.4, -0.2) is 44.7 Å². The maximum Gasteiger partial charge on any atom is 0.246 e. The highest BCUT2D eigenvalue weighted by atomic mass is 35.5. The lowest BCUT2D eigenvalue weighted by atomic mass is 10.2. The fraction of sp³-hybridized carbons (Fsp3) is 0.769. The van der Waals surface area contributed by atoms with Gasteiger partial charge in [0.1, 0.15) is 10.6 Å². The molecule has 0 unspecified atom stereocenters. The van der Waals surface area contributed by atoms with Crippen molar-refractivity contribution in [3.8, 4) is 0 Å². The van der Waals surface area contributed by atoms with Crippen LogP contribution in [0.2, 0.25) is 0 Å². The molecule has 2 heterocycles. The molecule has 1 fully saturated rings. The molecule has 1 aromatic heterocycles. The first-order valence-electron chi connectivity index (χ1n) is 7.15. The summed E-state index contributed by atoms with van der Waals surface area (Å²) in [5.74, 6) is 0.338. The molecule has 1 aromatic rings. The number of aromatic nitrogens is 1. The Balaban J connectivity index is 0.00000220. The Labute approximate surface area is 132 Å². The van der Waals surface area contributed by atoms with Crippen LogP contribution in [0.4, 0.5) is 0 Å². The third-order valence-corrected chi connectivity index (χ3v) is 5.36. The molecule has 21 heavy (non-hydrogen) atoms. The molecule has 0 bridgehead atoms. The van der Waals surface area contributed by atoms with E-state index < -0.39 is 10.0 Å². The Bertz CT molecular complexity index is 517. The number of sulfonamides is 1. The number of likely N-dealkylation sites (tertiary alicyclic amines) is 1. The lowest BCUT2D eigenvalue weighted by Crippen LogP contribution is -2.35. The van der Waals surface area contributed by atoms with E-state index in [1.807, 2.05) is 0 Å². The van der Waals surface area contributed by atoms with Crippen LogP contribution < -0.4 is 4.72 Å². The summed E-state index contributed by atoms with van der Waals surface area (Å²) >= 11 is 0. The molecule has 0 aliphatic carbocycles. The summed E-state index contributed by atoms with van der Waals surface area (Å²) in [7, 11) is -3.52. The molecule has 0 radical (unpaired) electrons.